The summed E-state index contributed by atoms with van der Waals surface area (Å²) in [5.74, 6) is 0.467. The highest BCUT2D eigenvalue weighted by atomic mass is 16.6. The van der Waals surface area contributed by atoms with Crippen molar-refractivity contribution in [3.63, 3.8) is 0 Å². The van der Waals surface area contributed by atoms with Crippen LogP contribution in [0.1, 0.15) is 22.0 Å². The maximum Gasteiger partial charge on any atom is 0.337 e. The monoisotopic (exact) mass is 291 g/mol. The first kappa shape index (κ1) is 14.5. The second-order valence-electron chi connectivity index (χ2n) is 4.20. The van der Waals surface area contributed by atoms with Crippen molar-refractivity contribution in [2.45, 2.75) is 13.5 Å². The molecule has 0 amide bonds. The summed E-state index contributed by atoms with van der Waals surface area (Å²) in [6.45, 7) is 1.91. The molecule has 2 aromatic rings. The maximum absolute atomic E-state index is 11.5. The zero-order chi connectivity index (χ0) is 15.4. The molecule has 1 heterocycles. The van der Waals surface area contributed by atoms with Gasteiger partial charge in [0.05, 0.1) is 30.3 Å². The SMILES string of the molecule is COC(=O)c1ccc([N+](=O)[O-])c(NCc2ncc(C)o2)c1. The van der Waals surface area contributed by atoms with Crippen LogP contribution in [0.15, 0.2) is 28.8 Å². The predicted octanol–water partition coefficient (Wildman–Crippen LogP) is 2.29. The highest BCUT2D eigenvalue weighted by Crippen LogP contribution is 2.26. The molecule has 0 bridgehead atoms. The Balaban J connectivity index is 2.25. The number of rotatable bonds is 5. The highest BCUT2D eigenvalue weighted by Gasteiger charge is 2.17. The number of carbonyl (C=O) groups is 1. The van der Waals surface area contributed by atoms with E-state index in [0.717, 1.165) is 0 Å². The molecule has 0 radical (unpaired) electrons. The van der Waals surface area contributed by atoms with Crippen LogP contribution in [-0.2, 0) is 11.3 Å². The van der Waals surface area contributed by atoms with E-state index in [1.165, 1.54) is 25.3 Å². The third-order valence-corrected chi connectivity index (χ3v) is 2.71. The van der Waals surface area contributed by atoms with Gasteiger partial charge in [-0.25, -0.2) is 9.78 Å². The zero-order valence-corrected chi connectivity index (χ0v) is 11.5. The van der Waals surface area contributed by atoms with Crippen molar-refractivity contribution in [1.29, 1.82) is 0 Å². The van der Waals surface area contributed by atoms with Gasteiger partial charge < -0.3 is 14.5 Å². The van der Waals surface area contributed by atoms with Gasteiger partial charge in [-0.2, -0.15) is 0 Å². The van der Waals surface area contributed by atoms with Crippen LogP contribution in [0.2, 0.25) is 0 Å². The van der Waals surface area contributed by atoms with Crippen LogP contribution in [0.25, 0.3) is 0 Å². The van der Waals surface area contributed by atoms with Gasteiger partial charge in [0.15, 0.2) is 0 Å². The average molecular weight is 291 g/mol. The number of nitro groups is 1. The Bertz CT molecular complexity index is 680. The molecule has 110 valence electrons. The van der Waals surface area contributed by atoms with Gasteiger partial charge in [-0.3, -0.25) is 10.1 Å². The van der Waals surface area contributed by atoms with Gasteiger partial charge in [-0.1, -0.05) is 0 Å². The number of aryl methyl sites for hydroxylation is 1. The number of hydrogen-bond donors (Lipinski definition) is 1. The van der Waals surface area contributed by atoms with E-state index in [1.54, 1.807) is 13.1 Å². The molecule has 8 heteroatoms. The van der Waals surface area contributed by atoms with Gasteiger partial charge >= 0.3 is 5.97 Å². The number of nitrogens with one attached hydrogen (secondary N) is 1. The Labute approximate surface area is 119 Å². The van der Waals surface area contributed by atoms with E-state index in [9.17, 15) is 14.9 Å². The van der Waals surface area contributed by atoms with Crippen molar-refractivity contribution in [3.05, 3.63) is 51.7 Å². The number of anilines is 1. The molecule has 0 saturated carbocycles. The summed E-state index contributed by atoms with van der Waals surface area (Å²) in [4.78, 5) is 25.9. The number of hydrogen-bond acceptors (Lipinski definition) is 7. The number of carbonyl (C=O) groups excluding carboxylic acids is 1. The minimum atomic E-state index is -0.570. The summed E-state index contributed by atoms with van der Waals surface area (Å²) in [5, 5.41) is 13.8. The van der Waals surface area contributed by atoms with Crippen LogP contribution in [0.4, 0.5) is 11.4 Å². The Kier molecular flexibility index (Phi) is 4.17. The lowest BCUT2D eigenvalue weighted by Gasteiger charge is -2.07. The number of benzene rings is 1. The summed E-state index contributed by atoms with van der Waals surface area (Å²) >= 11 is 0. The number of nitro benzene ring substituents is 1. The highest BCUT2D eigenvalue weighted by molar-refractivity contribution is 5.91. The van der Waals surface area contributed by atoms with Crippen LogP contribution >= 0.6 is 0 Å². The van der Waals surface area contributed by atoms with E-state index in [1.807, 2.05) is 0 Å². The Morgan fingerprint density at radius 2 is 2.29 bits per heavy atom. The first-order valence-corrected chi connectivity index (χ1v) is 6.03. The van der Waals surface area contributed by atoms with Crippen molar-refractivity contribution in [1.82, 2.24) is 4.98 Å². The van der Waals surface area contributed by atoms with Crippen molar-refractivity contribution in [2.75, 3.05) is 12.4 Å². The first-order valence-electron chi connectivity index (χ1n) is 6.03. The lowest BCUT2D eigenvalue weighted by Crippen LogP contribution is -2.06. The van der Waals surface area contributed by atoms with Gasteiger partial charge in [0.1, 0.15) is 11.4 Å². The second kappa shape index (κ2) is 6.04. The summed E-state index contributed by atoms with van der Waals surface area (Å²) in [6.07, 6.45) is 1.55. The minimum absolute atomic E-state index is 0.147. The van der Waals surface area contributed by atoms with E-state index < -0.39 is 10.9 Å². The molecule has 0 aliphatic carbocycles. The first-order chi connectivity index (χ1) is 10.0. The van der Waals surface area contributed by atoms with Crippen molar-refractivity contribution >= 4 is 17.3 Å². The molecule has 21 heavy (non-hydrogen) atoms. The number of methoxy groups -OCH3 is 1. The van der Waals surface area contributed by atoms with Crippen molar-refractivity contribution in [3.8, 4) is 0 Å². The quantitative estimate of drug-likeness (QED) is 0.511. The lowest BCUT2D eigenvalue weighted by molar-refractivity contribution is -0.384. The number of oxazole rings is 1. The Morgan fingerprint density at radius 3 is 2.86 bits per heavy atom. The van der Waals surface area contributed by atoms with Crippen LogP contribution in [0.5, 0.6) is 0 Å². The van der Waals surface area contributed by atoms with E-state index in [0.29, 0.717) is 11.7 Å². The molecular weight excluding hydrogens is 278 g/mol. The standard InChI is InChI=1S/C13H13N3O5/c1-8-6-15-12(21-8)7-14-10-5-9(13(17)20-2)3-4-11(10)16(18)19/h3-6,14H,7H2,1-2H3. The molecular formula is C13H13N3O5. The summed E-state index contributed by atoms with van der Waals surface area (Å²) in [6, 6.07) is 3.94. The number of esters is 1. The molecule has 0 aliphatic heterocycles. The van der Waals surface area contributed by atoms with Crippen LogP contribution in [-0.4, -0.2) is 23.0 Å². The van der Waals surface area contributed by atoms with E-state index >= 15 is 0 Å². The average Bonchev–Trinajstić information content (AvgIpc) is 2.89. The molecule has 0 saturated heterocycles. The minimum Gasteiger partial charge on any atom is -0.465 e. The predicted molar refractivity (Wildman–Crippen MR) is 73.0 cm³/mol. The molecule has 0 aliphatic rings. The van der Waals surface area contributed by atoms with Gasteiger partial charge in [0.25, 0.3) is 5.69 Å². The molecule has 0 spiro atoms. The van der Waals surface area contributed by atoms with Crippen LogP contribution < -0.4 is 5.32 Å². The molecule has 0 atom stereocenters. The topological polar surface area (TPSA) is 108 Å². The van der Waals surface area contributed by atoms with Crippen LogP contribution in [0, 0.1) is 17.0 Å². The van der Waals surface area contributed by atoms with Gasteiger partial charge in [0, 0.05) is 6.07 Å². The third kappa shape index (κ3) is 3.35. The zero-order valence-electron chi connectivity index (χ0n) is 11.5. The number of ether oxygens (including phenoxy) is 1. The van der Waals surface area contributed by atoms with Crippen molar-refractivity contribution in [2.24, 2.45) is 0 Å². The lowest BCUT2D eigenvalue weighted by atomic mass is 10.1. The number of nitrogens with zero attached hydrogens (tertiary/aromatic N) is 2. The smallest absolute Gasteiger partial charge is 0.337 e. The van der Waals surface area contributed by atoms with E-state index in [2.05, 4.69) is 15.0 Å². The van der Waals surface area contributed by atoms with E-state index in [-0.39, 0.29) is 23.5 Å². The normalized spacial score (nSPS) is 10.2. The molecule has 2 rings (SSSR count). The fraction of sp³-hybridized carbons (Fsp3) is 0.231. The van der Waals surface area contributed by atoms with E-state index in [4.69, 9.17) is 4.42 Å². The third-order valence-electron chi connectivity index (χ3n) is 2.71. The molecule has 1 aromatic heterocycles. The van der Waals surface area contributed by atoms with Gasteiger partial charge in [-0.05, 0) is 19.1 Å². The summed E-state index contributed by atoms with van der Waals surface area (Å²) in [7, 11) is 1.24. The molecule has 0 unspecified atom stereocenters. The molecule has 1 N–H and O–H groups in total. The fourth-order valence-corrected chi connectivity index (χ4v) is 1.74. The van der Waals surface area contributed by atoms with Crippen LogP contribution in [0.3, 0.4) is 0 Å². The Morgan fingerprint density at radius 1 is 1.52 bits per heavy atom. The van der Waals surface area contributed by atoms with Gasteiger partial charge in [-0.15, -0.1) is 0 Å². The second-order valence-corrected chi connectivity index (χ2v) is 4.20. The van der Waals surface area contributed by atoms with Gasteiger partial charge in [0.2, 0.25) is 5.89 Å². The summed E-state index contributed by atoms with van der Waals surface area (Å²) in [5.41, 5.74) is 0.263. The van der Waals surface area contributed by atoms with Crippen molar-refractivity contribution < 1.29 is 18.9 Å². The Hall–Kier alpha value is -2.90. The molecule has 8 nitrogen and oxygen atoms in total. The molecule has 0 fully saturated rings. The number of aromatic nitrogens is 1. The summed E-state index contributed by atoms with van der Waals surface area (Å²) < 4.78 is 9.86. The molecule has 1 aromatic carbocycles. The maximum atomic E-state index is 11.5. The largest absolute Gasteiger partial charge is 0.465 e. The fourth-order valence-electron chi connectivity index (χ4n) is 1.74.